The highest BCUT2D eigenvalue weighted by Crippen LogP contribution is 2.28. The van der Waals surface area contributed by atoms with Gasteiger partial charge in [0, 0.05) is 36.4 Å². The van der Waals surface area contributed by atoms with Crippen LogP contribution in [-0.2, 0) is 11.2 Å². The summed E-state index contributed by atoms with van der Waals surface area (Å²) < 4.78 is 0. The smallest absolute Gasteiger partial charge is 0.303 e. The normalized spacial score (nSPS) is 14.7. The molecule has 162 valence electrons. The Morgan fingerprint density at radius 3 is 2.00 bits per heavy atom. The third-order valence-electron chi connectivity index (χ3n) is 5.38. The summed E-state index contributed by atoms with van der Waals surface area (Å²) in [6.45, 7) is 1.51. The lowest BCUT2D eigenvalue weighted by atomic mass is 10.1. The second kappa shape index (κ2) is 9.34. The molecule has 0 radical (unpaired) electrons. The van der Waals surface area contributed by atoms with Crippen molar-refractivity contribution < 1.29 is 9.90 Å². The van der Waals surface area contributed by atoms with Gasteiger partial charge in [-0.25, -0.2) is 4.99 Å². The molecule has 0 unspecified atom stereocenters. The molecule has 0 amide bonds. The Labute approximate surface area is 186 Å². The predicted octanol–water partition coefficient (Wildman–Crippen LogP) is 4.00. The van der Waals surface area contributed by atoms with Gasteiger partial charge < -0.3 is 20.6 Å². The van der Waals surface area contributed by atoms with E-state index < -0.39 is 5.97 Å². The third-order valence-corrected chi connectivity index (χ3v) is 5.38. The van der Waals surface area contributed by atoms with Crippen LogP contribution in [0.5, 0.6) is 0 Å². The molecular weight excluding hydrogens is 402 g/mol. The van der Waals surface area contributed by atoms with Crippen molar-refractivity contribution in [2.75, 3.05) is 22.9 Å². The van der Waals surface area contributed by atoms with Crippen molar-refractivity contribution in [3.8, 4) is 0 Å². The van der Waals surface area contributed by atoms with E-state index in [4.69, 9.17) is 21.2 Å². The summed E-state index contributed by atoms with van der Waals surface area (Å²) in [5.74, 6) is 0.0585. The summed E-state index contributed by atoms with van der Waals surface area (Å²) >= 11 is 0. The van der Waals surface area contributed by atoms with Gasteiger partial charge >= 0.3 is 5.97 Å². The van der Waals surface area contributed by atoms with Gasteiger partial charge in [0.2, 0.25) is 5.96 Å². The first-order chi connectivity index (χ1) is 15.5. The van der Waals surface area contributed by atoms with Crippen LogP contribution in [0.3, 0.4) is 0 Å². The lowest BCUT2D eigenvalue weighted by Crippen LogP contribution is -2.33. The average molecular weight is 428 g/mol. The van der Waals surface area contributed by atoms with Crippen LogP contribution in [0.25, 0.3) is 0 Å². The molecule has 4 rings (SSSR count). The molecule has 0 saturated carbocycles. The molecule has 1 fully saturated rings. The number of rotatable bonds is 7. The van der Waals surface area contributed by atoms with Gasteiger partial charge in [0.05, 0.1) is 5.69 Å². The topological polar surface area (TPSA) is 106 Å². The molecule has 0 bridgehead atoms. The zero-order chi connectivity index (χ0) is 22.5. The molecule has 1 aliphatic heterocycles. The molecule has 1 heterocycles. The maximum atomic E-state index is 10.8. The van der Waals surface area contributed by atoms with Crippen molar-refractivity contribution in [3.05, 3.63) is 90.0 Å². The van der Waals surface area contributed by atoms with Gasteiger partial charge in [-0.15, -0.1) is 0 Å². The molecule has 3 aromatic carbocycles. The highest BCUT2D eigenvalue weighted by molar-refractivity contribution is 6.10. The molecule has 3 aromatic rings. The van der Waals surface area contributed by atoms with E-state index in [-0.39, 0.29) is 12.3 Å². The number of aliphatic carboxylic acids is 1. The van der Waals surface area contributed by atoms with Crippen LogP contribution in [0, 0.1) is 5.41 Å². The Balaban J connectivity index is 1.65. The number of carbonyl (C=O) groups is 1. The number of aryl methyl sites for hydroxylation is 1. The van der Waals surface area contributed by atoms with Crippen molar-refractivity contribution in [2.24, 2.45) is 10.7 Å². The SMILES string of the molecule is N=C(N)c1ccc(N2CCN(c3ccc(CCC(=O)O)cc3)/C2=N\c2ccccc2)cc1. The summed E-state index contributed by atoms with van der Waals surface area (Å²) in [5, 5.41) is 16.5. The van der Waals surface area contributed by atoms with Crippen LogP contribution >= 0.6 is 0 Å². The summed E-state index contributed by atoms with van der Waals surface area (Å²) in [5.41, 5.74) is 10.1. The maximum absolute atomic E-state index is 10.8. The Bertz CT molecular complexity index is 1130. The van der Waals surface area contributed by atoms with Gasteiger partial charge in [-0.2, -0.15) is 0 Å². The minimum Gasteiger partial charge on any atom is -0.481 e. The van der Waals surface area contributed by atoms with E-state index in [0.717, 1.165) is 41.7 Å². The van der Waals surface area contributed by atoms with Crippen LogP contribution in [0.2, 0.25) is 0 Å². The van der Waals surface area contributed by atoms with Crippen LogP contribution < -0.4 is 15.5 Å². The number of nitrogens with zero attached hydrogens (tertiary/aromatic N) is 3. The molecule has 0 aliphatic carbocycles. The standard InChI is InChI=1S/C25H25N5O2/c26-24(27)19-9-13-22(14-10-19)30-17-16-29(25(30)28-20-4-2-1-3-5-20)21-11-6-18(7-12-21)8-15-23(31)32/h1-7,9-14H,8,15-17H2,(H3,26,27)(H,31,32)/b28-25+. The quantitative estimate of drug-likeness (QED) is 0.390. The van der Waals surface area contributed by atoms with E-state index in [9.17, 15) is 4.79 Å². The molecule has 4 N–H and O–H groups in total. The summed E-state index contributed by atoms with van der Waals surface area (Å²) in [6, 6.07) is 25.4. The van der Waals surface area contributed by atoms with Crippen LogP contribution in [-0.4, -0.2) is 36.0 Å². The molecule has 1 saturated heterocycles. The lowest BCUT2D eigenvalue weighted by molar-refractivity contribution is -0.136. The molecule has 0 aromatic heterocycles. The average Bonchev–Trinajstić information content (AvgIpc) is 3.22. The Kier molecular flexibility index (Phi) is 6.17. The maximum Gasteiger partial charge on any atom is 0.303 e. The van der Waals surface area contributed by atoms with E-state index in [1.165, 1.54) is 0 Å². The molecule has 32 heavy (non-hydrogen) atoms. The first-order valence-corrected chi connectivity index (χ1v) is 10.5. The number of aliphatic imine (C=N–C) groups is 1. The number of carboxylic acids is 1. The minimum atomic E-state index is -0.794. The Hall–Kier alpha value is -4.13. The Morgan fingerprint density at radius 1 is 0.906 bits per heavy atom. The number of hydrogen-bond donors (Lipinski definition) is 3. The van der Waals surface area contributed by atoms with Crippen LogP contribution in [0.4, 0.5) is 17.1 Å². The van der Waals surface area contributed by atoms with Crippen LogP contribution in [0.1, 0.15) is 17.5 Å². The monoisotopic (exact) mass is 427 g/mol. The van der Waals surface area contributed by atoms with Gasteiger partial charge in [0.15, 0.2) is 0 Å². The molecule has 0 spiro atoms. The number of nitrogens with two attached hydrogens (primary N) is 1. The fourth-order valence-corrected chi connectivity index (χ4v) is 3.69. The van der Waals surface area contributed by atoms with E-state index >= 15 is 0 Å². The van der Waals surface area contributed by atoms with Gasteiger partial charge in [-0.3, -0.25) is 10.2 Å². The third kappa shape index (κ3) is 4.78. The largest absolute Gasteiger partial charge is 0.481 e. The van der Waals surface area contributed by atoms with Crippen molar-refractivity contribution >= 4 is 34.8 Å². The van der Waals surface area contributed by atoms with Gasteiger partial charge in [0.1, 0.15) is 5.84 Å². The summed E-state index contributed by atoms with van der Waals surface area (Å²) in [7, 11) is 0. The number of para-hydroxylation sites is 1. The number of benzene rings is 3. The number of hydrogen-bond acceptors (Lipinski definition) is 3. The minimum absolute atomic E-state index is 0.0424. The van der Waals surface area contributed by atoms with Gasteiger partial charge in [-0.1, -0.05) is 30.3 Å². The van der Waals surface area contributed by atoms with Crippen LogP contribution in [0.15, 0.2) is 83.9 Å². The number of nitrogens with one attached hydrogen (secondary N) is 1. The van der Waals surface area contributed by atoms with E-state index in [1.807, 2.05) is 78.9 Å². The zero-order valence-electron chi connectivity index (χ0n) is 17.6. The summed E-state index contributed by atoms with van der Waals surface area (Å²) in [6.07, 6.45) is 0.628. The Morgan fingerprint density at radius 2 is 1.47 bits per heavy atom. The first-order valence-electron chi connectivity index (χ1n) is 10.5. The van der Waals surface area contributed by atoms with Crippen molar-refractivity contribution in [2.45, 2.75) is 12.8 Å². The molecule has 0 atom stereocenters. The molecule has 1 aliphatic rings. The first kappa shape index (κ1) is 21.1. The second-order valence-corrected chi connectivity index (χ2v) is 7.57. The lowest BCUT2D eigenvalue weighted by Gasteiger charge is -2.24. The number of guanidine groups is 1. The molecule has 7 nitrogen and oxygen atoms in total. The van der Waals surface area contributed by atoms with E-state index in [2.05, 4.69) is 9.80 Å². The van der Waals surface area contributed by atoms with Crippen molar-refractivity contribution in [1.29, 1.82) is 5.41 Å². The second-order valence-electron chi connectivity index (χ2n) is 7.57. The number of amidine groups is 1. The van der Waals surface area contributed by atoms with E-state index in [0.29, 0.717) is 12.0 Å². The number of carboxylic acid groups (broad SMARTS) is 1. The highest BCUT2D eigenvalue weighted by atomic mass is 16.4. The fourth-order valence-electron chi connectivity index (χ4n) is 3.69. The predicted molar refractivity (Wildman–Crippen MR) is 128 cm³/mol. The number of anilines is 2. The van der Waals surface area contributed by atoms with Gasteiger partial charge in [-0.05, 0) is 60.5 Å². The number of nitrogen functional groups attached to an aromatic ring is 1. The van der Waals surface area contributed by atoms with Crippen molar-refractivity contribution in [1.82, 2.24) is 0 Å². The van der Waals surface area contributed by atoms with Gasteiger partial charge in [0.25, 0.3) is 0 Å². The molecular formula is C25H25N5O2. The highest BCUT2D eigenvalue weighted by Gasteiger charge is 2.29. The fraction of sp³-hybridized carbons (Fsp3) is 0.160. The van der Waals surface area contributed by atoms with Crippen molar-refractivity contribution in [3.63, 3.8) is 0 Å². The summed E-state index contributed by atoms with van der Waals surface area (Å²) in [4.78, 5) is 20.1. The molecule has 7 heteroatoms. The zero-order valence-corrected chi connectivity index (χ0v) is 17.6. The van der Waals surface area contributed by atoms with E-state index in [1.54, 1.807) is 0 Å².